The highest BCUT2D eigenvalue weighted by atomic mass is 16.2. The van der Waals surface area contributed by atoms with Gasteiger partial charge in [0.2, 0.25) is 11.7 Å². The molecule has 4 rings (SSSR count). The van der Waals surface area contributed by atoms with Gasteiger partial charge in [-0.05, 0) is 30.7 Å². The van der Waals surface area contributed by atoms with Gasteiger partial charge in [-0.25, -0.2) is 9.67 Å². The smallest absolute Gasteiger partial charge is 0.273 e. The first-order chi connectivity index (χ1) is 15.2. The van der Waals surface area contributed by atoms with Crippen molar-refractivity contribution in [3.05, 3.63) is 96.6 Å². The van der Waals surface area contributed by atoms with Gasteiger partial charge in [0.1, 0.15) is 0 Å². The van der Waals surface area contributed by atoms with Gasteiger partial charge in [0, 0.05) is 23.9 Å². The molecular formula is C23H20N6O2. The summed E-state index contributed by atoms with van der Waals surface area (Å²) in [5, 5.41) is 4.36. The summed E-state index contributed by atoms with van der Waals surface area (Å²) in [4.78, 5) is 33.2. The van der Waals surface area contributed by atoms with Crippen LogP contribution in [0.3, 0.4) is 0 Å². The molecule has 2 aromatic carbocycles. The van der Waals surface area contributed by atoms with Crippen molar-refractivity contribution in [2.75, 3.05) is 0 Å². The van der Waals surface area contributed by atoms with Crippen molar-refractivity contribution >= 4 is 11.8 Å². The Bertz CT molecular complexity index is 1100. The summed E-state index contributed by atoms with van der Waals surface area (Å²) in [6.45, 7) is 0. The summed E-state index contributed by atoms with van der Waals surface area (Å²) >= 11 is 0. The number of aryl methyl sites for hydroxylation is 1. The number of hydrazine groups is 1. The number of pyridine rings is 1. The van der Waals surface area contributed by atoms with E-state index < -0.39 is 5.91 Å². The van der Waals surface area contributed by atoms with Crippen molar-refractivity contribution < 1.29 is 9.59 Å². The molecule has 2 N–H and O–H groups in total. The highest BCUT2D eigenvalue weighted by Crippen LogP contribution is 2.20. The van der Waals surface area contributed by atoms with E-state index in [1.54, 1.807) is 10.9 Å². The number of benzene rings is 2. The number of hydrogen-bond acceptors (Lipinski definition) is 5. The Morgan fingerprint density at radius 2 is 1.55 bits per heavy atom. The molecule has 0 saturated carbocycles. The maximum Gasteiger partial charge on any atom is 0.309 e. The summed E-state index contributed by atoms with van der Waals surface area (Å²) in [7, 11) is 0. The van der Waals surface area contributed by atoms with Crippen molar-refractivity contribution in [1.82, 2.24) is 30.6 Å². The van der Waals surface area contributed by atoms with E-state index in [9.17, 15) is 9.59 Å². The lowest BCUT2D eigenvalue weighted by Crippen LogP contribution is -2.42. The number of nitrogens with zero attached hydrogens (tertiary/aromatic N) is 4. The van der Waals surface area contributed by atoms with E-state index in [0.29, 0.717) is 12.2 Å². The van der Waals surface area contributed by atoms with Crippen LogP contribution in [0.5, 0.6) is 0 Å². The Morgan fingerprint density at radius 1 is 0.839 bits per heavy atom. The first-order valence-corrected chi connectivity index (χ1v) is 9.78. The molecule has 0 fully saturated rings. The van der Waals surface area contributed by atoms with Crippen LogP contribution >= 0.6 is 0 Å². The number of para-hydroxylation sites is 1. The van der Waals surface area contributed by atoms with Crippen molar-refractivity contribution in [3.8, 4) is 17.1 Å². The summed E-state index contributed by atoms with van der Waals surface area (Å²) in [6, 6.07) is 24.4. The minimum Gasteiger partial charge on any atom is -0.273 e. The summed E-state index contributed by atoms with van der Waals surface area (Å²) < 4.78 is 1.60. The van der Waals surface area contributed by atoms with Gasteiger partial charge in [-0.1, -0.05) is 54.6 Å². The number of carbonyl (C=O) groups is 2. The fraction of sp³-hybridized carbons (Fsp3) is 0.0870. The van der Waals surface area contributed by atoms with E-state index in [-0.39, 0.29) is 18.2 Å². The fourth-order valence-electron chi connectivity index (χ4n) is 2.96. The van der Waals surface area contributed by atoms with Crippen LogP contribution in [0.4, 0.5) is 0 Å². The average Bonchev–Trinajstić information content (AvgIpc) is 3.29. The van der Waals surface area contributed by atoms with Crippen LogP contribution in [-0.4, -0.2) is 31.6 Å². The Labute approximate surface area is 179 Å². The molecule has 2 amide bonds. The zero-order valence-electron chi connectivity index (χ0n) is 16.6. The van der Waals surface area contributed by atoms with Gasteiger partial charge in [0.25, 0.3) is 0 Å². The van der Waals surface area contributed by atoms with Crippen LogP contribution in [0, 0.1) is 0 Å². The predicted molar refractivity (Wildman–Crippen MR) is 115 cm³/mol. The van der Waals surface area contributed by atoms with E-state index in [4.69, 9.17) is 0 Å². The Kier molecular flexibility index (Phi) is 6.08. The van der Waals surface area contributed by atoms with Gasteiger partial charge in [-0.2, -0.15) is 0 Å². The zero-order chi connectivity index (χ0) is 21.5. The Morgan fingerprint density at radius 3 is 2.26 bits per heavy atom. The van der Waals surface area contributed by atoms with Crippen molar-refractivity contribution in [2.24, 2.45) is 0 Å². The number of carbonyl (C=O) groups excluding carboxylic acids is 2. The Hall–Kier alpha value is -4.33. The highest BCUT2D eigenvalue weighted by Gasteiger charge is 2.19. The zero-order valence-corrected chi connectivity index (χ0v) is 16.6. The van der Waals surface area contributed by atoms with E-state index in [2.05, 4.69) is 25.9 Å². The van der Waals surface area contributed by atoms with Gasteiger partial charge in [-0.3, -0.25) is 25.4 Å². The molecule has 0 aliphatic heterocycles. The van der Waals surface area contributed by atoms with Crippen molar-refractivity contribution in [2.45, 2.75) is 12.8 Å². The van der Waals surface area contributed by atoms with Crippen LogP contribution in [-0.2, 0) is 11.2 Å². The summed E-state index contributed by atoms with van der Waals surface area (Å²) in [5.74, 6) is -0.450. The van der Waals surface area contributed by atoms with Gasteiger partial charge in [-0.15, -0.1) is 5.10 Å². The van der Waals surface area contributed by atoms with E-state index >= 15 is 0 Å². The number of nitrogens with one attached hydrogen (secondary N) is 2. The lowest BCUT2D eigenvalue weighted by molar-refractivity contribution is -0.121. The number of aromatic nitrogens is 4. The summed E-state index contributed by atoms with van der Waals surface area (Å²) in [5.41, 5.74) is 7.18. The quantitative estimate of drug-likeness (QED) is 0.474. The van der Waals surface area contributed by atoms with Crippen LogP contribution in [0.25, 0.3) is 17.1 Å². The molecule has 31 heavy (non-hydrogen) atoms. The molecule has 4 aromatic rings. The maximum absolute atomic E-state index is 12.6. The maximum atomic E-state index is 12.6. The third-order valence-electron chi connectivity index (χ3n) is 4.49. The molecule has 0 spiro atoms. The van der Waals surface area contributed by atoms with Gasteiger partial charge >= 0.3 is 5.91 Å². The molecule has 8 nitrogen and oxygen atoms in total. The molecule has 0 aliphatic carbocycles. The van der Waals surface area contributed by atoms with E-state index in [1.165, 1.54) is 0 Å². The minimum atomic E-state index is -0.599. The van der Waals surface area contributed by atoms with Crippen LogP contribution in [0.1, 0.15) is 22.7 Å². The largest absolute Gasteiger partial charge is 0.309 e. The third-order valence-corrected chi connectivity index (χ3v) is 4.49. The number of hydrogen-bond donors (Lipinski definition) is 2. The van der Waals surface area contributed by atoms with E-state index in [0.717, 1.165) is 16.9 Å². The van der Waals surface area contributed by atoms with E-state index in [1.807, 2.05) is 78.9 Å². The molecule has 0 radical (unpaired) electrons. The van der Waals surface area contributed by atoms with Gasteiger partial charge in [0.05, 0.1) is 5.69 Å². The third kappa shape index (κ3) is 4.99. The second kappa shape index (κ2) is 9.45. The Balaban J connectivity index is 1.47. The topological polar surface area (TPSA) is 102 Å². The fourth-order valence-corrected chi connectivity index (χ4v) is 2.96. The molecule has 8 heteroatoms. The highest BCUT2D eigenvalue weighted by molar-refractivity contribution is 5.92. The van der Waals surface area contributed by atoms with Crippen molar-refractivity contribution in [3.63, 3.8) is 0 Å². The van der Waals surface area contributed by atoms with Crippen molar-refractivity contribution in [1.29, 1.82) is 0 Å². The number of amides is 2. The van der Waals surface area contributed by atoms with Crippen LogP contribution in [0.15, 0.2) is 85.1 Å². The molecule has 0 aliphatic rings. The average molecular weight is 412 g/mol. The summed E-state index contributed by atoms with van der Waals surface area (Å²) in [6.07, 6.45) is 2.34. The molecule has 2 aromatic heterocycles. The SMILES string of the molecule is O=C(CCc1ccccn1)NNC(=O)c1nc(-c2ccccc2)n(-c2ccccc2)n1. The normalized spacial score (nSPS) is 10.5. The lowest BCUT2D eigenvalue weighted by atomic mass is 10.2. The molecule has 0 bridgehead atoms. The monoisotopic (exact) mass is 412 g/mol. The number of rotatable bonds is 6. The first-order valence-electron chi connectivity index (χ1n) is 9.78. The first kappa shape index (κ1) is 20.0. The molecule has 154 valence electrons. The molecule has 0 atom stereocenters. The molecule has 2 heterocycles. The lowest BCUT2D eigenvalue weighted by Gasteiger charge is -2.05. The van der Waals surface area contributed by atoms with Crippen LogP contribution < -0.4 is 10.9 Å². The minimum absolute atomic E-state index is 0.0484. The molecular weight excluding hydrogens is 392 g/mol. The standard InChI is InChI=1S/C23H20N6O2/c30-20(15-14-18-11-7-8-16-24-18)26-27-23(31)21-25-22(17-9-3-1-4-10-17)29(28-21)19-12-5-2-6-13-19/h1-13,16H,14-15H2,(H,26,30)(H,27,31). The van der Waals surface area contributed by atoms with Gasteiger partial charge in [0.15, 0.2) is 5.82 Å². The van der Waals surface area contributed by atoms with Gasteiger partial charge < -0.3 is 0 Å². The second-order valence-corrected chi connectivity index (χ2v) is 6.70. The predicted octanol–water partition coefficient (Wildman–Crippen LogP) is 2.72. The van der Waals surface area contributed by atoms with Crippen LogP contribution in [0.2, 0.25) is 0 Å². The molecule has 0 saturated heterocycles. The molecule has 0 unspecified atom stereocenters. The second-order valence-electron chi connectivity index (χ2n) is 6.70.